The van der Waals surface area contributed by atoms with Crippen LogP contribution in [0.25, 0.3) is 0 Å². The maximum Gasteiger partial charge on any atom is 0.401 e. The fourth-order valence-corrected chi connectivity index (χ4v) is 3.39. The summed E-state index contributed by atoms with van der Waals surface area (Å²) in [5.74, 6) is 0. The third-order valence-corrected chi connectivity index (χ3v) is 4.91. The molecule has 6 N–H and O–H groups in total. The molecule has 27 heavy (non-hydrogen) atoms. The van der Waals surface area contributed by atoms with Crippen molar-refractivity contribution in [2.75, 3.05) is 39.4 Å². The minimum atomic E-state index is -4.39. The highest BCUT2D eigenvalue weighted by molar-refractivity contribution is 4.94. The van der Waals surface area contributed by atoms with Gasteiger partial charge in [0.25, 0.3) is 0 Å². The summed E-state index contributed by atoms with van der Waals surface area (Å²) in [6.45, 7) is 1.23. The molecule has 2 rings (SSSR count). The van der Waals surface area contributed by atoms with E-state index in [0.29, 0.717) is 6.54 Å². The molecule has 2 heterocycles. The van der Waals surface area contributed by atoms with Crippen LogP contribution in [0.2, 0.25) is 0 Å². The number of hydrogen-bond acceptors (Lipinski definition) is 8. The molecule has 6 atom stereocenters. The van der Waals surface area contributed by atoms with Gasteiger partial charge in [0.1, 0.15) is 0 Å². The van der Waals surface area contributed by atoms with Gasteiger partial charge in [-0.25, -0.2) is 0 Å². The van der Waals surface area contributed by atoms with Gasteiger partial charge >= 0.3 is 6.18 Å². The quantitative estimate of drug-likeness (QED) is 0.304. The minimum Gasteiger partial charge on any atom is -0.395 e. The van der Waals surface area contributed by atoms with Gasteiger partial charge in [0.2, 0.25) is 0 Å². The lowest BCUT2D eigenvalue weighted by atomic mass is 10.1. The van der Waals surface area contributed by atoms with E-state index < -0.39 is 49.8 Å². The molecule has 0 aromatic heterocycles. The van der Waals surface area contributed by atoms with Crippen LogP contribution >= 0.6 is 0 Å². The standard InChI is InChI=1S/C9H19NO3.C7H12F3NO3/c1-2-3-4-10-5-8(12)9(13)7(10)6-11;8-7(9,10)3-11-1-5(13)6(14)4(11)2-12/h7-9,11-13H,2-6H2,1H3;4-6,12-14H,1-3H2. The Labute approximate surface area is 156 Å². The van der Waals surface area contributed by atoms with E-state index >= 15 is 0 Å². The summed E-state index contributed by atoms with van der Waals surface area (Å²) in [7, 11) is 0. The second kappa shape index (κ2) is 10.9. The first-order valence-corrected chi connectivity index (χ1v) is 9.04. The van der Waals surface area contributed by atoms with Crippen LogP contribution in [-0.4, -0.2) is 123 Å². The normalized spacial score (nSPS) is 35.3. The molecule has 8 nitrogen and oxygen atoms in total. The van der Waals surface area contributed by atoms with Crippen molar-refractivity contribution in [2.45, 2.75) is 62.4 Å². The summed E-state index contributed by atoms with van der Waals surface area (Å²) in [5.41, 5.74) is 0. The Hall–Kier alpha value is -0.530. The fourth-order valence-electron chi connectivity index (χ4n) is 3.39. The minimum absolute atomic E-state index is 0.0814. The van der Waals surface area contributed by atoms with Gasteiger partial charge in [-0.2, -0.15) is 13.2 Å². The number of alkyl halides is 3. The summed E-state index contributed by atoms with van der Waals surface area (Å²) in [4.78, 5) is 2.79. The predicted octanol–water partition coefficient (Wildman–Crippen LogP) is -1.87. The Balaban J connectivity index is 0.000000271. The average Bonchev–Trinajstić information content (AvgIpc) is 3.00. The van der Waals surface area contributed by atoms with E-state index in [1.807, 2.05) is 4.90 Å². The van der Waals surface area contributed by atoms with E-state index in [1.165, 1.54) is 0 Å². The van der Waals surface area contributed by atoms with Crippen molar-refractivity contribution in [1.82, 2.24) is 9.80 Å². The molecule has 0 radical (unpaired) electrons. The molecule has 6 unspecified atom stereocenters. The molecule has 2 aliphatic heterocycles. The van der Waals surface area contributed by atoms with Gasteiger partial charge in [0, 0.05) is 13.1 Å². The zero-order valence-electron chi connectivity index (χ0n) is 15.3. The van der Waals surface area contributed by atoms with E-state index in [1.54, 1.807) is 0 Å². The van der Waals surface area contributed by atoms with Gasteiger partial charge in [-0.15, -0.1) is 0 Å². The second-order valence-electron chi connectivity index (χ2n) is 7.01. The molecule has 2 fully saturated rings. The molecule has 0 aromatic carbocycles. The van der Waals surface area contributed by atoms with Gasteiger partial charge in [0.05, 0.1) is 56.3 Å². The van der Waals surface area contributed by atoms with Gasteiger partial charge < -0.3 is 30.6 Å². The Morgan fingerprint density at radius 2 is 1.30 bits per heavy atom. The van der Waals surface area contributed by atoms with Crippen LogP contribution < -0.4 is 0 Å². The Kier molecular flexibility index (Phi) is 9.86. The molecule has 2 aliphatic rings. The lowest BCUT2D eigenvalue weighted by Crippen LogP contribution is -2.43. The van der Waals surface area contributed by atoms with E-state index in [0.717, 1.165) is 24.3 Å². The van der Waals surface area contributed by atoms with Gasteiger partial charge in [0.15, 0.2) is 0 Å². The monoisotopic (exact) mass is 404 g/mol. The van der Waals surface area contributed by atoms with Crippen LogP contribution in [0, 0.1) is 0 Å². The van der Waals surface area contributed by atoms with Crippen LogP contribution in [0.4, 0.5) is 13.2 Å². The SMILES string of the molecule is CCCCN1CC(O)C(O)C1CO.OCC1C(O)C(O)CN1CC(F)(F)F. The van der Waals surface area contributed by atoms with Gasteiger partial charge in [-0.3, -0.25) is 9.80 Å². The van der Waals surface area contributed by atoms with Gasteiger partial charge in [-0.05, 0) is 13.0 Å². The number of unbranched alkanes of at least 4 members (excludes halogenated alkanes) is 1. The number of aliphatic hydroxyl groups is 6. The highest BCUT2D eigenvalue weighted by atomic mass is 19.4. The van der Waals surface area contributed by atoms with Crippen molar-refractivity contribution in [3.8, 4) is 0 Å². The molecular weight excluding hydrogens is 373 g/mol. The van der Waals surface area contributed by atoms with Crippen molar-refractivity contribution < 1.29 is 43.8 Å². The third kappa shape index (κ3) is 7.09. The molecule has 0 amide bonds. The van der Waals surface area contributed by atoms with Crippen molar-refractivity contribution in [2.24, 2.45) is 0 Å². The van der Waals surface area contributed by atoms with Crippen LogP contribution in [-0.2, 0) is 0 Å². The third-order valence-electron chi connectivity index (χ3n) is 4.91. The number of aliphatic hydroxyl groups excluding tert-OH is 6. The van der Waals surface area contributed by atoms with Crippen LogP contribution in [0.15, 0.2) is 0 Å². The lowest BCUT2D eigenvalue weighted by molar-refractivity contribution is -0.150. The largest absolute Gasteiger partial charge is 0.401 e. The van der Waals surface area contributed by atoms with Gasteiger partial charge in [-0.1, -0.05) is 13.3 Å². The zero-order chi connectivity index (χ0) is 20.8. The van der Waals surface area contributed by atoms with Crippen molar-refractivity contribution in [3.63, 3.8) is 0 Å². The summed E-state index contributed by atoms with van der Waals surface area (Å²) in [6, 6.07) is -1.31. The molecule has 0 spiro atoms. The first kappa shape index (κ1) is 24.5. The molecule has 11 heteroatoms. The molecule has 0 saturated carbocycles. The van der Waals surface area contributed by atoms with Crippen LogP contribution in [0.1, 0.15) is 19.8 Å². The van der Waals surface area contributed by atoms with Crippen LogP contribution in [0.3, 0.4) is 0 Å². The highest BCUT2D eigenvalue weighted by Gasteiger charge is 2.44. The second-order valence-corrected chi connectivity index (χ2v) is 7.01. The number of rotatable bonds is 6. The summed E-state index contributed by atoms with van der Waals surface area (Å²) in [6.07, 6.45) is -6.30. The number of likely N-dealkylation sites (tertiary alicyclic amines) is 2. The zero-order valence-corrected chi connectivity index (χ0v) is 15.3. The molecule has 2 saturated heterocycles. The predicted molar refractivity (Wildman–Crippen MR) is 89.9 cm³/mol. The summed E-state index contributed by atoms with van der Waals surface area (Å²) >= 11 is 0. The summed E-state index contributed by atoms with van der Waals surface area (Å²) < 4.78 is 36.0. The molecule has 0 bridgehead atoms. The Morgan fingerprint density at radius 1 is 0.852 bits per heavy atom. The number of hydrogen-bond donors (Lipinski definition) is 6. The molecule has 162 valence electrons. The number of halogens is 3. The first-order valence-electron chi connectivity index (χ1n) is 9.04. The topological polar surface area (TPSA) is 128 Å². The van der Waals surface area contributed by atoms with E-state index in [9.17, 15) is 28.5 Å². The first-order chi connectivity index (χ1) is 12.6. The molecule has 0 aromatic rings. The lowest BCUT2D eigenvalue weighted by Gasteiger charge is -2.24. The average molecular weight is 404 g/mol. The summed E-state index contributed by atoms with van der Waals surface area (Å²) in [5, 5.41) is 54.9. The van der Waals surface area contributed by atoms with Crippen molar-refractivity contribution in [3.05, 3.63) is 0 Å². The number of β-amino-alcohol motifs (C(OH)–C–C–N with tert-alkyl or cyclic N) is 2. The number of nitrogens with zero attached hydrogens (tertiary/aromatic N) is 2. The fraction of sp³-hybridized carbons (Fsp3) is 1.00. The van der Waals surface area contributed by atoms with Crippen LogP contribution in [0.5, 0.6) is 0 Å². The van der Waals surface area contributed by atoms with E-state index in [-0.39, 0.29) is 19.2 Å². The highest BCUT2D eigenvalue weighted by Crippen LogP contribution is 2.24. The van der Waals surface area contributed by atoms with Crippen molar-refractivity contribution in [1.29, 1.82) is 0 Å². The van der Waals surface area contributed by atoms with Crippen molar-refractivity contribution >= 4 is 0 Å². The molecular formula is C16H31F3N2O6. The Morgan fingerprint density at radius 3 is 1.70 bits per heavy atom. The van der Waals surface area contributed by atoms with E-state index in [2.05, 4.69) is 6.92 Å². The molecule has 0 aliphatic carbocycles. The van der Waals surface area contributed by atoms with E-state index in [4.69, 9.17) is 15.3 Å². The maximum atomic E-state index is 12.0. The smallest absolute Gasteiger partial charge is 0.395 e. The maximum absolute atomic E-state index is 12.0. The Bertz CT molecular complexity index is 431.